The van der Waals surface area contributed by atoms with Crippen LogP contribution >= 0.6 is 23.5 Å². The maximum absolute atomic E-state index is 12.9. The van der Waals surface area contributed by atoms with Crippen molar-refractivity contribution < 1.29 is 34.2 Å². The van der Waals surface area contributed by atoms with Crippen LogP contribution in [0.25, 0.3) is 0 Å². The lowest BCUT2D eigenvalue weighted by atomic mass is 10.0. The monoisotopic (exact) mass is 494 g/mol. The molecule has 0 heterocycles. The molecule has 11 nitrogen and oxygen atoms in total. The van der Waals surface area contributed by atoms with Crippen molar-refractivity contribution in [1.29, 1.82) is 0 Å². The second kappa shape index (κ2) is 15.8. The average molecular weight is 495 g/mol. The number of carboxylic acids is 2. The zero-order chi connectivity index (χ0) is 24.8. The maximum atomic E-state index is 12.9. The van der Waals surface area contributed by atoms with E-state index in [1.807, 2.05) is 6.26 Å². The third kappa shape index (κ3) is 11.6. The van der Waals surface area contributed by atoms with E-state index in [9.17, 15) is 24.0 Å². The van der Waals surface area contributed by atoms with E-state index in [2.05, 4.69) is 16.0 Å². The predicted octanol–water partition coefficient (Wildman–Crippen LogP) is -0.510. The summed E-state index contributed by atoms with van der Waals surface area (Å²) in [6.07, 6.45) is 3.51. The summed E-state index contributed by atoms with van der Waals surface area (Å²) in [5.74, 6) is -3.94. The van der Waals surface area contributed by atoms with Crippen molar-refractivity contribution in [1.82, 2.24) is 16.0 Å². The maximum Gasteiger partial charge on any atom is 0.326 e. The second-order valence-electron chi connectivity index (χ2n) is 7.46. The van der Waals surface area contributed by atoms with E-state index in [1.54, 1.807) is 31.9 Å². The number of aliphatic carboxylic acids is 2. The summed E-state index contributed by atoms with van der Waals surface area (Å²) in [5, 5.41) is 25.3. The normalized spacial score (nSPS) is 14.7. The van der Waals surface area contributed by atoms with Gasteiger partial charge in [-0.1, -0.05) is 13.8 Å². The summed E-state index contributed by atoms with van der Waals surface area (Å²) in [7, 11) is 0. The number of carbonyl (C=O) groups is 5. The van der Waals surface area contributed by atoms with Gasteiger partial charge in [0.25, 0.3) is 0 Å². The molecule has 0 spiro atoms. The van der Waals surface area contributed by atoms with Crippen LogP contribution in [-0.4, -0.2) is 88.1 Å². The fourth-order valence-electron chi connectivity index (χ4n) is 2.58. The number of thioether (sulfide) groups is 2. The quantitative estimate of drug-likeness (QED) is 0.163. The highest BCUT2D eigenvalue weighted by molar-refractivity contribution is 7.98. The third-order valence-corrected chi connectivity index (χ3v) is 5.74. The molecule has 0 radical (unpaired) electrons. The van der Waals surface area contributed by atoms with Crippen LogP contribution in [0.5, 0.6) is 0 Å². The number of carbonyl (C=O) groups excluding carboxylic acids is 3. The van der Waals surface area contributed by atoms with E-state index in [4.69, 9.17) is 15.9 Å². The summed E-state index contributed by atoms with van der Waals surface area (Å²) in [5.41, 5.74) is 5.86. The van der Waals surface area contributed by atoms with Gasteiger partial charge in [0.05, 0.1) is 12.5 Å². The van der Waals surface area contributed by atoms with Gasteiger partial charge >= 0.3 is 11.9 Å². The van der Waals surface area contributed by atoms with Crippen molar-refractivity contribution in [2.75, 3.05) is 24.0 Å². The molecule has 3 amide bonds. The summed E-state index contributed by atoms with van der Waals surface area (Å²) < 4.78 is 0. The third-order valence-electron chi connectivity index (χ3n) is 4.45. The summed E-state index contributed by atoms with van der Waals surface area (Å²) in [6.45, 7) is 3.45. The molecule has 0 saturated heterocycles. The highest BCUT2D eigenvalue weighted by Crippen LogP contribution is 2.08. The van der Waals surface area contributed by atoms with Crippen molar-refractivity contribution in [3.63, 3.8) is 0 Å². The van der Waals surface area contributed by atoms with Gasteiger partial charge in [0.1, 0.15) is 18.1 Å². The smallest absolute Gasteiger partial charge is 0.326 e. The minimum absolute atomic E-state index is 0.185. The number of nitrogens with two attached hydrogens (primary N) is 1. The lowest BCUT2D eigenvalue weighted by Crippen LogP contribution is -2.58. The van der Waals surface area contributed by atoms with Crippen molar-refractivity contribution in [3.05, 3.63) is 0 Å². The molecule has 0 saturated carbocycles. The van der Waals surface area contributed by atoms with Gasteiger partial charge in [-0.3, -0.25) is 19.2 Å². The van der Waals surface area contributed by atoms with Gasteiger partial charge < -0.3 is 31.9 Å². The Morgan fingerprint density at radius 2 is 1.34 bits per heavy atom. The molecule has 32 heavy (non-hydrogen) atoms. The zero-order valence-electron chi connectivity index (χ0n) is 18.8. The van der Waals surface area contributed by atoms with Crippen LogP contribution in [0.2, 0.25) is 0 Å². The number of rotatable bonds is 16. The number of hydrogen-bond acceptors (Lipinski definition) is 8. The highest BCUT2D eigenvalue weighted by Gasteiger charge is 2.32. The fraction of sp³-hybridized carbons (Fsp3) is 0.737. The van der Waals surface area contributed by atoms with Gasteiger partial charge in [-0.05, 0) is 42.8 Å². The molecule has 0 aliphatic rings. The molecule has 4 atom stereocenters. The molecule has 0 rings (SSSR count). The van der Waals surface area contributed by atoms with Gasteiger partial charge in [-0.15, -0.1) is 0 Å². The molecule has 7 N–H and O–H groups in total. The van der Waals surface area contributed by atoms with Crippen LogP contribution < -0.4 is 21.7 Å². The molecule has 0 aliphatic heterocycles. The van der Waals surface area contributed by atoms with Crippen LogP contribution in [0.15, 0.2) is 0 Å². The molecule has 0 aromatic rings. The van der Waals surface area contributed by atoms with Crippen molar-refractivity contribution in [3.8, 4) is 0 Å². The minimum atomic E-state index is -1.64. The highest BCUT2D eigenvalue weighted by atomic mass is 32.2. The van der Waals surface area contributed by atoms with E-state index in [0.717, 1.165) is 0 Å². The molecule has 0 bridgehead atoms. The standard InChI is InChI=1S/C19H34N4O7S2/c1-10(2)15(23-16(26)11(20)5-7-31-3)18(28)21-12(6-8-32-4)17(27)22-13(19(29)30)9-14(24)25/h10-13,15H,5-9,20H2,1-4H3,(H,21,28)(H,22,27)(H,23,26)(H,24,25)(H,29,30). The van der Waals surface area contributed by atoms with Gasteiger partial charge in [0.2, 0.25) is 17.7 Å². The van der Waals surface area contributed by atoms with Gasteiger partial charge in [-0.25, -0.2) is 4.79 Å². The van der Waals surface area contributed by atoms with E-state index < -0.39 is 60.2 Å². The molecule has 0 aliphatic carbocycles. The Labute approximate surface area is 196 Å². The van der Waals surface area contributed by atoms with Crippen molar-refractivity contribution in [2.45, 2.75) is 57.3 Å². The minimum Gasteiger partial charge on any atom is -0.481 e. The van der Waals surface area contributed by atoms with Crippen LogP contribution in [0, 0.1) is 5.92 Å². The van der Waals surface area contributed by atoms with Crippen molar-refractivity contribution >= 4 is 53.2 Å². The second-order valence-corrected chi connectivity index (χ2v) is 9.43. The Kier molecular flexibility index (Phi) is 14.8. The fourth-order valence-corrected chi connectivity index (χ4v) is 3.55. The Balaban J connectivity index is 5.35. The number of amides is 3. The molecule has 13 heteroatoms. The van der Waals surface area contributed by atoms with Crippen LogP contribution in [-0.2, 0) is 24.0 Å². The van der Waals surface area contributed by atoms with E-state index in [1.165, 1.54) is 11.8 Å². The largest absolute Gasteiger partial charge is 0.481 e. The molecule has 4 unspecified atom stereocenters. The lowest BCUT2D eigenvalue weighted by molar-refractivity contribution is -0.147. The summed E-state index contributed by atoms with van der Waals surface area (Å²) in [6, 6.07) is -4.47. The molecule has 0 aromatic carbocycles. The van der Waals surface area contributed by atoms with Gasteiger partial charge in [-0.2, -0.15) is 23.5 Å². The van der Waals surface area contributed by atoms with Crippen LogP contribution in [0.4, 0.5) is 0 Å². The number of hydrogen-bond donors (Lipinski definition) is 6. The van der Waals surface area contributed by atoms with Crippen molar-refractivity contribution in [2.24, 2.45) is 11.7 Å². The Morgan fingerprint density at radius 3 is 1.81 bits per heavy atom. The first kappa shape index (κ1) is 30.0. The Bertz CT molecular complexity index is 664. The SMILES string of the molecule is CSCCC(N)C(=O)NC(C(=O)NC(CCSC)C(=O)NC(CC(=O)O)C(=O)O)C(C)C. The molecular formula is C19H34N4O7S2. The predicted molar refractivity (Wildman–Crippen MR) is 124 cm³/mol. The van der Waals surface area contributed by atoms with Crippen LogP contribution in [0.3, 0.4) is 0 Å². The van der Waals surface area contributed by atoms with Crippen LogP contribution in [0.1, 0.15) is 33.1 Å². The molecule has 0 fully saturated rings. The topological polar surface area (TPSA) is 188 Å². The number of carboxylic acid groups (broad SMARTS) is 2. The Morgan fingerprint density at radius 1 is 0.812 bits per heavy atom. The number of nitrogens with one attached hydrogen (secondary N) is 3. The lowest BCUT2D eigenvalue weighted by Gasteiger charge is -2.26. The summed E-state index contributed by atoms with van der Waals surface area (Å²) >= 11 is 2.96. The first-order valence-corrected chi connectivity index (χ1v) is 12.8. The van der Waals surface area contributed by atoms with Gasteiger partial charge in [0.15, 0.2) is 0 Å². The van der Waals surface area contributed by atoms with Gasteiger partial charge in [0, 0.05) is 0 Å². The Hall–Kier alpha value is -1.99. The molecular weight excluding hydrogens is 460 g/mol. The van der Waals surface area contributed by atoms with E-state index >= 15 is 0 Å². The first-order chi connectivity index (χ1) is 14.9. The first-order valence-electron chi connectivity index (χ1n) is 10.0. The van der Waals surface area contributed by atoms with E-state index in [-0.39, 0.29) is 12.3 Å². The average Bonchev–Trinajstić information content (AvgIpc) is 2.71. The van der Waals surface area contributed by atoms with E-state index in [0.29, 0.717) is 17.9 Å². The molecule has 0 aromatic heterocycles. The molecule has 184 valence electrons. The zero-order valence-corrected chi connectivity index (χ0v) is 20.4. The summed E-state index contributed by atoms with van der Waals surface area (Å²) in [4.78, 5) is 60.0.